The highest BCUT2D eigenvalue weighted by Gasteiger charge is 2.37. The molecule has 0 aliphatic heterocycles. The maximum absolute atomic E-state index is 12.9. The van der Waals surface area contributed by atoms with Crippen molar-refractivity contribution in [3.63, 3.8) is 0 Å². The third-order valence-electron chi connectivity index (χ3n) is 3.54. The molecule has 2 heterocycles. The first-order chi connectivity index (χ1) is 13.8. The van der Waals surface area contributed by atoms with Crippen LogP contribution in [0.1, 0.15) is 27.7 Å². The minimum absolute atomic E-state index is 0.0637. The Morgan fingerprint density at radius 1 is 1.31 bits per heavy atom. The number of esters is 1. The summed E-state index contributed by atoms with van der Waals surface area (Å²) in [6.45, 7) is 0.0730. The molecule has 8 nitrogen and oxygen atoms in total. The van der Waals surface area contributed by atoms with Gasteiger partial charge in [-0.2, -0.15) is 22.9 Å². The van der Waals surface area contributed by atoms with Crippen LogP contribution < -0.4 is 4.74 Å². The van der Waals surface area contributed by atoms with Gasteiger partial charge in [-0.05, 0) is 54.2 Å². The first kappa shape index (κ1) is 20.3. The molecule has 0 fully saturated rings. The number of carbonyl (C=O) groups is 1. The lowest BCUT2D eigenvalue weighted by atomic mass is 10.2. The van der Waals surface area contributed by atoms with Crippen molar-refractivity contribution in [1.82, 2.24) is 14.9 Å². The minimum atomic E-state index is -4.69. The van der Waals surface area contributed by atoms with Crippen molar-refractivity contribution < 1.29 is 31.9 Å². The number of H-pyrrole nitrogens is 1. The van der Waals surface area contributed by atoms with E-state index in [2.05, 4.69) is 20.0 Å². The van der Waals surface area contributed by atoms with E-state index >= 15 is 0 Å². The molecule has 0 bridgehead atoms. The number of furan rings is 1. The van der Waals surface area contributed by atoms with E-state index < -0.39 is 18.0 Å². The number of aromatic amines is 1. The maximum Gasteiger partial charge on any atom is 0.453 e. The molecule has 0 unspecified atom stereocenters. The van der Waals surface area contributed by atoms with Crippen LogP contribution in [0.25, 0.3) is 0 Å². The monoisotopic (exact) mass is 426 g/mol. The zero-order valence-corrected chi connectivity index (χ0v) is 15.6. The van der Waals surface area contributed by atoms with E-state index in [-0.39, 0.29) is 17.1 Å². The Kier molecular flexibility index (Phi) is 5.82. The van der Waals surface area contributed by atoms with Gasteiger partial charge in [0, 0.05) is 0 Å². The molecule has 1 N–H and O–H groups in total. The third-order valence-corrected chi connectivity index (χ3v) is 3.80. The summed E-state index contributed by atoms with van der Waals surface area (Å²) in [5, 5.41) is 8.92. The molecule has 0 spiro atoms. The number of rotatable bonds is 6. The smallest absolute Gasteiger partial charge is 0.453 e. The fraction of sp³-hybridized carbons (Fsp3) is 0.176. The lowest BCUT2D eigenvalue weighted by molar-refractivity contribution is -0.147. The van der Waals surface area contributed by atoms with Crippen molar-refractivity contribution in [1.29, 1.82) is 0 Å². The third kappa shape index (κ3) is 4.90. The van der Waals surface area contributed by atoms with Gasteiger partial charge in [0.25, 0.3) is 5.82 Å². The number of ether oxygens (including phenoxy) is 2. The molecule has 3 rings (SSSR count). The van der Waals surface area contributed by atoms with Gasteiger partial charge in [-0.1, -0.05) is 0 Å². The highest BCUT2D eigenvalue weighted by Crippen LogP contribution is 2.27. The first-order valence-electron chi connectivity index (χ1n) is 7.97. The standard InChI is InChI=1S/C17H13F3N4O4S/c1-26-14(25)13-7-6-12(28-13)9-27-11-4-2-10(3-5-11)8-21-24-15(17(18,19)20)22-23-16(24)29/h2-8H,9H2,1H3,(H,23,29). The second kappa shape index (κ2) is 8.31. The molecule has 0 amide bonds. The average molecular weight is 426 g/mol. The SMILES string of the molecule is COC(=O)c1ccc(COc2ccc(C=Nn3c(C(F)(F)F)n[nH]c3=S)cc2)o1. The number of alkyl halides is 3. The Labute approximate surface area is 166 Å². The average Bonchev–Trinajstić information content (AvgIpc) is 3.31. The van der Waals surface area contributed by atoms with Crippen LogP contribution in [0.5, 0.6) is 5.75 Å². The number of aromatic nitrogens is 3. The van der Waals surface area contributed by atoms with Crippen LogP contribution in [0.4, 0.5) is 13.2 Å². The zero-order valence-electron chi connectivity index (χ0n) is 14.8. The first-order valence-corrected chi connectivity index (χ1v) is 8.37. The zero-order chi connectivity index (χ0) is 21.0. The number of hydrogen-bond acceptors (Lipinski definition) is 7. The van der Waals surface area contributed by atoms with Crippen molar-refractivity contribution >= 4 is 24.4 Å². The van der Waals surface area contributed by atoms with Gasteiger partial charge in [-0.15, -0.1) is 5.10 Å². The summed E-state index contributed by atoms with van der Waals surface area (Å²) in [5.41, 5.74) is 0.513. The number of nitrogens with zero attached hydrogens (tertiary/aromatic N) is 3. The highest BCUT2D eigenvalue weighted by molar-refractivity contribution is 7.71. The number of carbonyl (C=O) groups excluding carboxylic acids is 1. The number of nitrogens with one attached hydrogen (secondary N) is 1. The molecule has 3 aromatic rings. The van der Waals surface area contributed by atoms with E-state index in [4.69, 9.17) is 21.4 Å². The highest BCUT2D eigenvalue weighted by atomic mass is 32.1. The Morgan fingerprint density at radius 2 is 2.03 bits per heavy atom. The molecule has 0 radical (unpaired) electrons. The normalized spacial score (nSPS) is 11.7. The molecule has 0 aliphatic carbocycles. The van der Waals surface area contributed by atoms with E-state index in [1.807, 2.05) is 0 Å². The Bertz CT molecular complexity index is 1080. The minimum Gasteiger partial charge on any atom is -0.486 e. The van der Waals surface area contributed by atoms with Gasteiger partial charge in [0.1, 0.15) is 18.1 Å². The maximum atomic E-state index is 12.9. The summed E-state index contributed by atoms with van der Waals surface area (Å²) in [6.07, 6.45) is -3.48. The summed E-state index contributed by atoms with van der Waals surface area (Å²) in [5.74, 6) is -0.873. The van der Waals surface area contributed by atoms with Crippen molar-refractivity contribution in [3.8, 4) is 5.75 Å². The Balaban J connectivity index is 1.64. The summed E-state index contributed by atoms with van der Waals surface area (Å²) in [4.78, 5) is 11.3. The summed E-state index contributed by atoms with van der Waals surface area (Å²) >= 11 is 4.76. The van der Waals surface area contributed by atoms with Crippen LogP contribution in [-0.4, -0.2) is 34.2 Å². The molecular formula is C17H13F3N4O4S. The van der Waals surface area contributed by atoms with Gasteiger partial charge >= 0.3 is 12.1 Å². The van der Waals surface area contributed by atoms with Crippen LogP contribution in [0.3, 0.4) is 0 Å². The topological polar surface area (TPSA) is 94.6 Å². The van der Waals surface area contributed by atoms with Crippen LogP contribution in [0.15, 0.2) is 45.9 Å². The summed E-state index contributed by atoms with van der Waals surface area (Å²) < 4.78 is 54.1. The summed E-state index contributed by atoms with van der Waals surface area (Å²) in [6, 6.07) is 9.45. The van der Waals surface area contributed by atoms with Gasteiger partial charge < -0.3 is 13.9 Å². The molecule has 0 saturated heterocycles. The predicted molar refractivity (Wildman–Crippen MR) is 96.2 cm³/mol. The van der Waals surface area contributed by atoms with Crippen molar-refractivity contribution in [2.24, 2.45) is 5.10 Å². The van der Waals surface area contributed by atoms with Gasteiger partial charge in [0.05, 0.1) is 13.3 Å². The molecule has 1 aromatic carbocycles. The number of methoxy groups -OCH3 is 1. The van der Waals surface area contributed by atoms with E-state index in [0.717, 1.165) is 0 Å². The van der Waals surface area contributed by atoms with Crippen LogP contribution in [0.2, 0.25) is 0 Å². The van der Waals surface area contributed by atoms with Crippen molar-refractivity contribution in [2.45, 2.75) is 12.8 Å². The van der Waals surface area contributed by atoms with Crippen LogP contribution in [0, 0.1) is 4.77 Å². The Hall–Kier alpha value is -3.41. The molecule has 0 aliphatic rings. The molecule has 152 valence electrons. The fourth-order valence-corrected chi connectivity index (χ4v) is 2.36. The van der Waals surface area contributed by atoms with E-state index in [1.54, 1.807) is 30.3 Å². The molecule has 0 saturated carbocycles. The lowest BCUT2D eigenvalue weighted by Crippen LogP contribution is -2.12. The summed E-state index contributed by atoms with van der Waals surface area (Å²) in [7, 11) is 1.25. The van der Waals surface area contributed by atoms with Crippen LogP contribution >= 0.6 is 12.2 Å². The second-order valence-electron chi connectivity index (χ2n) is 5.52. The molecule has 2 aromatic heterocycles. The van der Waals surface area contributed by atoms with E-state index in [1.165, 1.54) is 19.4 Å². The second-order valence-corrected chi connectivity index (χ2v) is 5.91. The van der Waals surface area contributed by atoms with Crippen molar-refractivity contribution in [3.05, 3.63) is 64.1 Å². The predicted octanol–water partition coefficient (Wildman–Crippen LogP) is 3.80. The number of halogens is 3. The molecular weight excluding hydrogens is 413 g/mol. The molecule has 0 atom stereocenters. The molecule has 12 heteroatoms. The Morgan fingerprint density at radius 3 is 2.69 bits per heavy atom. The van der Waals surface area contributed by atoms with E-state index in [0.29, 0.717) is 21.7 Å². The lowest BCUT2D eigenvalue weighted by Gasteiger charge is -2.05. The van der Waals surface area contributed by atoms with Gasteiger partial charge in [0.2, 0.25) is 10.5 Å². The van der Waals surface area contributed by atoms with Crippen molar-refractivity contribution in [2.75, 3.05) is 7.11 Å². The van der Waals surface area contributed by atoms with Crippen LogP contribution in [-0.2, 0) is 17.5 Å². The largest absolute Gasteiger partial charge is 0.486 e. The fourth-order valence-electron chi connectivity index (χ4n) is 2.18. The van der Waals surface area contributed by atoms with Gasteiger partial charge in [-0.3, -0.25) is 0 Å². The molecule has 29 heavy (non-hydrogen) atoms. The number of hydrogen-bond donors (Lipinski definition) is 1. The van der Waals surface area contributed by atoms with Gasteiger partial charge in [0.15, 0.2) is 0 Å². The van der Waals surface area contributed by atoms with E-state index in [9.17, 15) is 18.0 Å². The quantitative estimate of drug-likeness (QED) is 0.366. The van der Waals surface area contributed by atoms with Gasteiger partial charge in [-0.25, -0.2) is 9.89 Å². The number of benzene rings is 1.